The van der Waals surface area contributed by atoms with E-state index in [1.165, 1.54) is 0 Å². The van der Waals surface area contributed by atoms with Crippen LogP contribution in [0.5, 0.6) is 0 Å². The zero-order valence-electron chi connectivity index (χ0n) is 17.9. The van der Waals surface area contributed by atoms with E-state index in [2.05, 4.69) is 10.3 Å². The molecule has 8 nitrogen and oxygen atoms in total. The Morgan fingerprint density at radius 2 is 1.76 bits per heavy atom. The van der Waals surface area contributed by atoms with Gasteiger partial charge >= 0.3 is 12.1 Å². The second-order valence-corrected chi connectivity index (χ2v) is 8.01. The van der Waals surface area contributed by atoms with E-state index < -0.39 is 12.1 Å². The summed E-state index contributed by atoms with van der Waals surface area (Å²) in [7, 11) is 0. The minimum absolute atomic E-state index is 0.0993. The number of carbonyl (C=O) groups is 2. The lowest BCUT2D eigenvalue weighted by Crippen LogP contribution is -2.51. The fourth-order valence-electron chi connectivity index (χ4n) is 3.65. The van der Waals surface area contributed by atoms with Crippen LogP contribution < -0.4 is 10.9 Å². The SMILES string of the molecule is O=C(CCc1cc2ccccc2[nH]c1=O)N1CCC(OC2CNC2)CC1.O=C(O)C(F)(F)F. The van der Waals surface area contributed by atoms with Crippen molar-refractivity contribution in [1.29, 1.82) is 0 Å². The molecule has 0 saturated carbocycles. The summed E-state index contributed by atoms with van der Waals surface area (Å²) in [5.41, 5.74) is 1.40. The van der Waals surface area contributed by atoms with Gasteiger partial charge in [-0.25, -0.2) is 4.79 Å². The number of ether oxygens (including phenoxy) is 1. The third kappa shape index (κ3) is 7.03. The number of amides is 1. The second kappa shape index (κ2) is 10.8. The molecule has 2 fully saturated rings. The smallest absolute Gasteiger partial charge is 0.475 e. The maximum atomic E-state index is 12.5. The van der Waals surface area contributed by atoms with Gasteiger partial charge in [-0.1, -0.05) is 18.2 Å². The number of hydrogen-bond acceptors (Lipinski definition) is 5. The van der Waals surface area contributed by atoms with Crippen molar-refractivity contribution in [3.8, 4) is 0 Å². The summed E-state index contributed by atoms with van der Waals surface area (Å²) in [6.45, 7) is 3.38. The van der Waals surface area contributed by atoms with E-state index in [1.807, 2.05) is 35.2 Å². The number of carboxylic acid groups (broad SMARTS) is 1. The first kappa shape index (κ1) is 24.7. The molecule has 1 aromatic carbocycles. The molecule has 3 N–H and O–H groups in total. The number of nitrogens with one attached hydrogen (secondary N) is 2. The third-order valence-electron chi connectivity index (χ3n) is 5.60. The molecule has 1 amide bonds. The first-order chi connectivity index (χ1) is 15.6. The zero-order chi connectivity index (χ0) is 24.0. The molecule has 4 rings (SSSR count). The molecule has 33 heavy (non-hydrogen) atoms. The number of aryl methyl sites for hydroxylation is 1. The summed E-state index contributed by atoms with van der Waals surface area (Å²) in [5, 5.41) is 11.3. The van der Waals surface area contributed by atoms with Crippen molar-refractivity contribution in [3.05, 3.63) is 46.2 Å². The summed E-state index contributed by atoms with van der Waals surface area (Å²) in [4.78, 5) is 38.4. The van der Waals surface area contributed by atoms with Crippen molar-refractivity contribution in [3.63, 3.8) is 0 Å². The highest BCUT2D eigenvalue weighted by molar-refractivity contribution is 5.79. The molecular formula is C22H26F3N3O5. The van der Waals surface area contributed by atoms with Crippen molar-refractivity contribution < 1.29 is 32.6 Å². The predicted octanol–water partition coefficient (Wildman–Crippen LogP) is 2.07. The average molecular weight is 469 g/mol. The second-order valence-electron chi connectivity index (χ2n) is 8.01. The molecule has 2 saturated heterocycles. The number of alkyl halides is 3. The van der Waals surface area contributed by atoms with Crippen LogP contribution in [0.15, 0.2) is 35.1 Å². The Hall–Kier alpha value is -2.92. The number of carbonyl (C=O) groups excluding carboxylic acids is 1. The highest BCUT2D eigenvalue weighted by atomic mass is 19.4. The number of likely N-dealkylation sites (tertiary alicyclic amines) is 1. The molecule has 11 heteroatoms. The van der Waals surface area contributed by atoms with Gasteiger partial charge in [0.1, 0.15) is 0 Å². The highest BCUT2D eigenvalue weighted by Gasteiger charge is 2.38. The van der Waals surface area contributed by atoms with Crippen LogP contribution in [0.1, 0.15) is 24.8 Å². The van der Waals surface area contributed by atoms with Gasteiger partial charge in [-0.15, -0.1) is 0 Å². The van der Waals surface area contributed by atoms with E-state index in [0.29, 0.717) is 24.5 Å². The van der Waals surface area contributed by atoms with Crippen molar-refractivity contribution in [2.75, 3.05) is 26.2 Å². The maximum absolute atomic E-state index is 12.5. The number of pyridine rings is 1. The number of benzene rings is 1. The van der Waals surface area contributed by atoms with E-state index in [-0.39, 0.29) is 17.6 Å². The van der Waals surface area contributed by atoms with Gasteiger partial charge in [-0.05, 0) is 36.8 Å². The summed E-state index contributed by atoms with van der Waals surface area (Å²) in [5.74, 6) is -2.63. The topological polar surface area (TPSA) is 112 Å². The Morgan fingerprint density at radius 3 is 2.33 bits per heavy atom. The van der Waals surface area contributed by atoms with Crippen molar-refractivity contribution >= 4 is 22.8 Å². The van der Waals surface area contributed by atoms with Gasteiger partial charge in [0.15, 0.2) is 0 Å². The number of fused-ring (bicyclic) bond motifs is 1. The van der Waals surface area contributed by atoms with E-state index in [4.69, 9.17) is 14.6 Å². The van der Waals surface area contributed by atoms with Crippen LogP contribution in [0.2, 0.25) is 0 Å². The van der Waals surface area contributed by atoms with Gasteiger partial charge in [-0.3, -0.25) is 9.59 Å². The molecule has 3 heterocycles. The van der Waals surface area contributed by atoms with Crippen LogP contribution in [-0.2, 0) is 20.7 Å². The maximum Gasteiger partial charge on any atom is 0.490 e. The monoisotopic (exact) mass is 469 g/mol. The minimum Gasteiger partial charge on any atom is -0.475 e. The molecular weight excluding hydrogens is 443 g/mol. The van der Waals surface area contributed by atoms with Gasteiger partial charge < -0.3 is 25.0 Å². The lowest BCUT2D eigenvalue weighted by Gasteiger charge is -2.36. The van der Waals surface area contributed by atoms with Crippen LogP contribution in [0.25, 0.3) is 10.9 Å². The number of aromatic amines is 1. The van der Waals surface area contributed by atoms with Crippen LogP contribution >= 0.6 is 0 Å². The Balaban J connectivity index is 0.000000383. The molecule has 2 aromatic rings. The molecule has 0 unspecified atom stereocenters. The molecule has 0 spiro atoms. The van der Waals surface area contributed by atoms with Gasteiger partial charge in [0.25, 0.3) is 5.56 Å². The Bertz CT molecular complexity index is 1030. The van der Waals surface area contributed by atoms with Gasteiger partial charge in [0.2, 0.25) is 5.91 Å². The number of hydrogen-bond donors (Lipinski definition) is 3. The number of piperidine rings is 1. The van der Waals surface area contributed by atoms with Crippen molar-refractivity contribution in [2.24, 2.45) is 0 Å². The van der Waals surface area contributed by atoms with Crippen LogP contribution in [-0.4, -0.2) is 71.4 Å². The number of nitrogens with zero attached hydrogens (tertiary/aromatic N) is 1. The standard InChI is InChI=1S/C20H25N3O3.C2HF3O2/c24-19(23-9-7-16(8-10-23)26-17-12-21-13-17)6-5-15-11-14-3-1-2-4-18(14)22-20(15)25;3-2(4,5)1(6)7/h1-4,11,16-17,21H,5-10,12-13H2,(H,22,25);(H,6,7). The molecule has 0 radical (unpaired) electrons. The van der Waals surface area contributed by atoms with Crippen LogP contribution in [0, 0.1) is 0 Å². The van der Waals surface area contributed by atoms with Crippen molar-refractivity contribution in [1.82, 2.24) is 15.2 Å². The number of rotatable bonds is 5. The molecule has 180 valence electrons. The van der Waals surface area contributed by atoms with Crippen LogP contribution in [0.3, 0.4) is 0 Å². The number of H-pyrrole nitrogens is 1. The lowest BCUT2D eigenvalue weighted by atomic mass is 10.0. The van der Waals surface area contributed by atoms with E-state index in [9.17, 15) is 22.8 Å². The van der Waals surface area contributed by atoms with E-state index >= 15 is 0 Å². The molecule has 0 atom stereocenters. The molecule has 0 aliphatic carbocycles. The average Bonchev–Trinajstić information content (AvgIpc) is 2.75. The van der Waals surface area contributed by atoms with E-state index in [1.54, 1.807) is 0 Å². The predicted molar refractivity (Wildman–Crippen MR) is 114 cm³/mol. The first-order valence-electron chi connectivity index (χ1n) is 10.7. The number of carboxylic acids is 1. The van der Waals surface area contributed by atoms with Gasteiger partial charge in [-0.2, -0.15) is 13.2 Å². The summed E-state index contributed by atoms with van der Waals surface area (Å²) >= 11 is 0. The van der Waals surface area contributed by atoms with Gasteiger partial charge in [0, 0.05) is 43.7 Å². The minimum atomic E-state index is -5.08. The highest BCUT2D eigenvalue weighted by Crippen LogP contribution is 2.18. The summed E-state index contributed by atoms with van der Waals surface area (Å²) in [6, 6.07) is 9.60. The number of para-hydroxylation sites is 1. The molecule has 2 aliphatic heterocycles. The summed E-state index contributed by atoms with van der Waals surface area (Å²) in [6.07, 6.45) is -1.81. The third-order valence-corrected chi connectivity index (χ3v) is 5.60. The lowest BCUT2D eigenvalue weighted by molar-refractivity contribution is -0.192. The van der Waals surface area contributed by atoms with Crippen molar-refractivity contribution in [2.45, 2.75) is 44.1 Å². The quantitative estimate of drug-likeness (QED) is 0.618. The molecule has 2 aliphatic rings. The van der Waals surface area contributed by atoms with E-state index in [0.717, 1.165) is 49.9 Å². The Kier molecular flexibility index (Phi) is 8.09. The zero-order valence-corrected chi connectivity index (χ0v) is 17.9. The fourth-order valence-corrected chi connectivity index (χ4v) is 3.65. The van der Waals surface area contributed by atoms with Crippen LogP contribution in [0.4, 0.5) is 13.2 Å². The number of aliphatic carboxylic acids is 1. The Labute approximate surface area is 187 Å². The largest absolute Gasteiger partial charge is 0.490 e. The molecule has 1 aromatic heterocycles. The first-order valence-corrected chi connectivity index (χ1v) is 10.7. The molecule has 0 bridgehead atoms. The van der Waals surface area contributed by atoms with Gasteiger partial charge in [0.05, 0.1) is 12.2 Å². The number of halogens is 3. The normalized spacial score (nSPS) is 17.2. The summed E-state index contributed by atoms with van der Waals surface area (Å²) < 4.78 is 37.7. The number of aromatic nitrogens is 1. The Morgan fingerprint density at radius 1 is 1.12 bits per heavy atom. The fraction of sp³-hybridized carbons (Fsp3) is 0.500.